The summed E-state index contributed by atoms with van der Waals surface area (Å²) in [5.74, 6) is 2.97. The van der Waals surface area contributed by atoms with Crippen LogP contribution in [-0.4, -0.2) is 92.6 Å². The lowest BCUT2D eigenvalue weighted by atomic mass is 10.1. The van der Waals surface area contributed by atoms with E-state index in [1.54, 1.807) is 67.0 Å². The second-order valence-corrected chi connectivity index (χ2v) is 9.95. The highest BCUT2D eigenvalue weighted by molar-refractivity contribution is 5.88. The number of nitrogens with one attached hydrogen (secondary N) is 2. The topological polar surface area (TPSA) is 117 Å². The van der Waals surface area contributed by atoms with Crippen LogP contribution in [0.2, 0.25) is 0 Å². The predicted molar refractivity (Wildman–Crippen MR) is 181 cm³/mol. The van der Waals surface area contributed by atoms with Crippen molar-refractivity contribution in [2.24, 2.45) is 0 Å². The Morgan fingerprint density at radius 2 is 0.935 bits per heavy atom. The van der Waals surface area contributed by atoms with E-state index in [0.29, 0.717) is 47.6 Å². The number of ether oxygens (including phenoxy) is 6. The second kappa shape index (κ2) is 20.9. The molecule has 2 N–H and O–H groups in total. The summed E-state index contributed by atoms with van der Waals surface area (Å²) in [6.45, 7) is 2.78. The molecule has 11 nitrogen and oxygen atoms in total. The molecule has 0 saturated heterocycles. The summed E-state index contributed by atoms with van der Waals surface area (Å²) in [4.78, 5) is 26.4. The van der Waals surface area contributed by atoms with Gasteiger partial charge in [-0.2, -0.15) is 0 Å². The lowest BCUT2D eigenvalue weighted by Crippen LogP contribution is -2.29. The Kier molecular flexibility index (Phi) is 17.0. The average molecular weight is 638 g/mol. The number of allylic oxidation sites excluding steroid dienone is 4. The number of rotatable bonds is 20. The molecule has 0 unspecified atom stereocenters. The summed E-state index contributed by atoms with van der Waals surface area (Å²) in [5.41, 5.74) is 1.69. The molecule has 2 aromatic rings. The Morgan fingerprint density at radius 1 is 0.587 bits per heavy atom. The maximum atomic E-state index is 12.1. The number of carbonyl (C=O) groups is 2. The molecule has 46 heavy (non-hydrogen) atoms. The zero-order valence-corrected chi connectivity index (χ0v) is 27.9. The number of hydrogen-bond donors (Lipinski definition) is 2. The lowest BCUT2D eigenvalue weighted by molar-refractivity contribution is -0.117. The SMILES string of the molecule is COc1cc(C=CC=CC(=O)NCCCN(C)CCCNC(=O)C=CC=Cc2cc(OC)c(OC)c(OC)c2)cc(OC)c1OC. The quantitative estimate of drug-likeness (QED) is 0.123. The van der Waals surface area contributed by atoms with Crippen molar-refractivity contribution in [3.05, 3.63) is 71.8 Å². The average Bonchev–Trinajstić information content (AvgIpc) is 3.07. The van der Waals surface area contributed by atoms with Crippen LogP contribution < -0.4 is 39.1 Å². The number of amides is 2. The fourth-order valence-electron chi connectivity index (χ4n) is 4.37. The molecule has 0 aliphatic rings. The highest BCUT2D eigenvalue weighted by Crippen LogP contribution is 2.39. The maximum absolute atomic E-state index is 12.1. The van der Waals surface area contributed by atoms with Gasteiger partial charge in [0.25, 0.3) is 0 Å². The van der Waals surface area contributed by atoms with Gasteiger partial charge in [0.2, 0.25) is 23.3 Å². The fourth-order valence-corrected chi connectivity index (χ4v) is 4.37. The molecule has 0 fully saturated rings. The van der Waals surface area contributed by atoms with Gasteiger partial charge in [-0.3, -0.25) is 9.59 Å². The van der Waals surface area contributed by atoms with Crippen LogP contribution in [0.5, 0.6) is 34.5 Å². The van der Waals surface area contributed by atoms with Gasteiger partial charge in [0.1, 0.15) is 0 Å². The van der Waals surface area contributed by atoms with E-state index < -0.39 is 0 Å². The smallest absolute Gasteiger partial charge is 0.243 e. The third-order valence-corrected chi connectivity index (χ3v) is 6.70. The van der Waals surface area contributed by atoms with E-state index in [1.807, 2.05) is 43.5 Å². The zero-order chi connectivity index (χ0) is 33.7. The largest absolute Gasteiger partial charge is 0.493 e. The first-order valence-electron chi connectivity index (χ1n) is 14.8. The molecule has 2 amide bonds. The summed E-state index contributed by atoms with van der Waals surface area (Å²) in [6, 6.07) is 7.31. The van der Waals surface area contributed by atoms with Crippen LogP contribution >= 0.6 is 0 Å². The van der Waals surface area contributed by atoms with Crippen LogP contribution in [0.3, 0.4) is 0 Å². The van der Waals surface area contributed by atoms with Crippen LogP contribution in [0.4, 0.5) is 0 Å². The second-order valence-electron chi connectivity index (χ2n) is 9.95. The predicted octanol–water partition coefficient (Wildman–Crippen LogP) is 4.52. The van der Waals surface area contributed by atoms with Crippen molar-refractivity contribution in [1.82, 2.24) is 15.5 Å². The summed E-state index contributed by atoms with van der Waals surface area (Å²) in [5, 5.41) is 5.78. The van der Waals surface area contributed by atoms with Crippen molar-refractivity contribution in [1.29, 1.82) is 0 Å². The summed E-state index contributed by atoms with van der Waals surface area (Å²) >= 11 is 0. The van der Waals surface area contributed by atoms with Gasteiger partial charge in [0.15, 0.2) is 23.0 Å². The molecule has 11 heteroatoms. The van der Waals surface area contributed by atoms with Gasteiger partial charge < -0.3 is 44.0 Å². The van der Waals surface area contributed by atoms with Crippen LogP contribution in [0, 0.1) is 0 Å². The molecule has 0 aromatic heterocycles. The van der Waals surface area contributed by atoms with Gasteiger partial charge in [-0.25, -0.2) is 0 Å². The summed E-state index contributed by atoms with van der Waals surface area (Å²) in [6.07, 6.45) is 15.2. The number of benzene rings is 2. The van der Waals surface area contributed by atoms with Crippen LogP contribution in [0.25, 0.3) is 12.2 Å². The normalized spacial score (nSPS) is 11.5. The minimum absolute atomic E-state index is 0.161. The molecule has 0 spiro atoms. The van der Waals surface area contributed by atoms with Crippen LogP contribution in [0.1, 0.15) is 24.0 Å². The van der Waals surface area contributed by atoms with Gasteiger partial charge >= 0.3 is 0 Å². The van der Waals surface area contributed by atoms with Crippen molar-refractivity contribution in [3.8, 4) is 34.5 Å². The standard InChI is InChI=1S/C35H47N3O8/c1-38(20-12-18-36-32(39)16-10-8-14-26-22-28(41-2)34(45-6)29(23-26)42-3)21-13-19-37-33(40)17-11-9-15-27-24-30(43-4)35(46-7)31(25-27)44-5/h8-11,14-17,22-25H,12-13,18-21H2,1-7H3,(H,36,39)(H,37,40). The Morgan fingerprint density at radius 3 is 1.24 bits per heavy atom. The molecule has 250 valence electrons. The van der Waals surface area contributed by atoms with Crippen molar-refractivity contribution < 1.29 is 38.0 Å². The molecule has 0 aliphatic carbocycles. The first kappa shape index (κ1) is 37.3. The van der Waals surface area contributed by atoms with E-state index in [0.717, 1.165) is 37.1 Å². The van der Waals surface area contributed by atoms with E-state index in [2.05, 4.69) is 15.5 Å². The monoisotopic (exact) mass is 637 g/mol. The molecule has 2 rings (SSSR count). The van der Waals surface area contributed by atoms with E-state index in [4.69, 9.17) is 28.4 Å². The molecule has 0 atom stereocenters. The Labute approximate surface area is 272 Å². The van der Waals surface area contributed by atoms with Gasteiger partial charge in [0.05, 0.1) is 42.7 Å². The molecule has 0 heterocycles. The van der Waals surface area contributed by atoms with Crippen LogP contribution in [-0.2, 0) is 9.59 Å². The lowest BCUT2D eigenvalue weighted by Gasteiger charge is -2.16. The van der Waals surface area contributed by atoms with Crippen molar-refractivity contribution in [2.75, 3.05) is 75.9 Å². The van der Waals surface area contributed by atoms with Gasteiger partial charge in [0, 0.05) is 25.2 Å². The summed E-state index contributed by atoms with van der Waals surface area (Å²) < 4.78 is 32.1. The zero-order valence-electron chi connectivity index (χ0n) is 27.9. The highest BCUT2D eigenvalue weighted by atomic mass is 16.5. The van der Waals surface area contributed by atoms with E-state index in [9.17, 15) is 9.59 Å². The number of hydrogen-bond acceptors (Lipinski definition) is 9. The summed E-state index contributed by atoms with van der Waals surface area (Å²) in [7, 11) is 11.4. The minimum Gasteiger partial charge on any atom is -0.493 e. The molecule has 0 aliphatic heterocycles. The van der Waals surface area contributed by atoms with E-state index in [1.165, 1.54) is 12.2 Å². The molecule has 0 saturated carbocycles. The highest BCUT2D eigenvalue weighted by Gasteiger charge is 2.13. The van der Waals surface area contributed by atoms with Crippen molar-refractivity contribution in [2.45, 2.75) is 12.8 Å². The Hall–Kier alpha value is -4.90. The maximum Gasteiger partial charge on any atom is 0.243 e. The Bertz CT molecular complexity index is 1230. The third-order valence-electron chi connectivity index (χ3n) is 6.70. The molecule has 0 radical (unpaired) electrons. The van der Waals surface area contributed by atoms with Crippen LogP contribution in [0.15, 0.2) is 60.7 Å². The molecular weight excluding hydrogens is 590 g/mol. The van der Waals surface area contributed by atoms with E-state index in [-0.39, 0.29) is 11.8 Å². The fraction of sp³-hybridized carbons (Fsp3) is 0.371. The van der Waals surface area contributed by atoms with Gasteiger partial charge in [-0.15, -0.1) is 0 Å². The first-order chi connectivity index (χ1) is 22.3. The van der Waals surface area contributed by atoms with Crippen molar-refractivity contribution in [3.63, 3.8) is 0 Å². The van der Waals surface area contributed by atoms with Gasteiger partial charge in [-0.1, -0.05) is 36.5 Å². The first-order valence-corrected chi connectivity index (χ1v) is 14.8. The van der Waals surface area contributed by atoms with E-state index >= 15 is 0 Å². The Balaban J connectivity index is 1.63. The number of nitrogens with zero attached hydrogens (tertiary/aromatic N) is 1. The number of methoxy groups -OCH3 is 6. The molecule has 0 bridgehead atoms. The van der Waals surface area contributed by atoms with Crippen molar-refractivity contribution >= 4 is 24.0 Å². The van der Waals surface area contributed by atoms with Gasteiger partial charge in [-0.05, 0) is 68.4 Å². The third kappa shape index (κ3) is 12.6. The number of carbonyl (C=O) groups excluding carboxylic acids is 2. The minimum atomic E-state index is -0.161. The molecule has 2 aromatic carbocycles. The molecular formula is C35H47N3O8.